The molecule has 0 aromatic carbocycles. The van der Waals surface area contributed by atoms with Crippen molar-refractivity contribution in [1.82, 2.24) is 15.6 Å². The number of rotatable bonds is 6. The molecule has 4 nitrogen and oxygen atoms in total. The molecule has 1 aromatic rings. The van der Waals surface area contributed by atoms with E-state index < -0.39 is 5.60 Å². The summed E-state index contributed by atoms with van der Waals surface area (Å²) in [4.78, 5) is 4.43. The summed E-state index contributed by atoms with van der Waals surface area (Å²) in [6.07, 6.45) is 2.96. The Balaban J connectivity index is 1.57. The normalized spacial score (nSPS) is 24.4. The lowest BCUT2D eigenvalue weighted by atomic mass is 10.0. The summed E-state index contributed by atoms with van der Waals surface area (Å²) in [7, 11) is 0. The smallest absolute Gasteiger partial charge is 0.0928 e. The lowest BCUT2D eigenvalue weighted by molar-refractivity contribution is 0.0613. The summed E-state index contributed by atoms with van der Waals surface area (Å²) in [6, 6.07) is 0. The monoisotopic (exact) mass is 255 g/mol. The average Bonchev–Trinajstić information content (AvgIpc) is 2.88. The molecule has 1 aliphatic rings. The third-order valence-electron chi connectivity index (χ3n) is 3.09. The highest BCUT2D eigenvalue weighted by atomic mass is 32.1. The van der Waals surface area contributed by atoms with Gasteiger partial charge in [0.05, 0.1) is 10.6 Å². The molecular formula is C12H21N3OS. The zero-order chi connectivity index (χ0) is 12.1. The number of hydrogen-bond donors (Lipinski definition) is 3. The summed E-state index contributed by atoms with van der Waals surface area (Å²) < 4.78 is 0. The van der Waals surface area contributed by atoms with Gasteiger partial charge in [-0.25, -0.2) is 4.98 Å². The number of thiazole rings is 1. The molecule has 1 saturated heterocycles. The number of β-amino-alcohol motifs (C(OH)–C–C–N with tert-alkyl or cyclic N) is 1. The van der Waals surface area contributed by atoms with E-state index in [1.165, 1.54) is 5.01 Å². The van der Waals surface area contributed by atoms with Gasteiger partial charge < -0.3 is 15.7 Å². The van der Waals surface area contributed by atoms with E-state index >= 15 is 0 Å². The molecule has 1 atom stereocenters. The molecule has 1 aliphatic heterocycles. The van der Waals surface area contributed by atoms with Gasteiger partial charge in [0.25, 0.3) is 0 Å². The predicted molar refractivity (Wildman–Crippen MR) is 70.5 cm³/mol. The zero-order valence-electron chi connectivity index (χ0n) is 10.3. The maximum absolute atomic E-state index is 10.1. The topological polar surface area (TPSA) is 57.2 Å². The molecule has 2 heterocycles. The van der Waals surface area contributed by atoms with Crippen LogP contribution in [0.1, 0.15) is 23.5 Å². The second-order valence-corrected chi connectivity index (χ2v) is 5.76. The van der Waals surface area contributed by atoms with Crippen molar-refractivity contribution in [2.24, 2.45) is 0 Å². The van der Waals surface area contributed by atoms with E-state index in [9.17, 15) is 5.11 Å². The molecule has 0 amide bonds. The van der Waals surface area contributed by atoms with Crippen molar-refractivity contribution < 1.29 is 5.11 Å². The second-order valence-electron chi connectivity index (χ2n) is 4.81. The molecule has 96 valence electrons. The Labute approximate surface area is 106 Å². The van der Waals surface area contributed by atoms with Crippen LogP contribution in [0, 0.1) is 6.92 Å². The molecule has 17 heavy (non-hydrogen) atoms. The van der Waals surface area contributed by atoms with Gasteiger partial charge in [0.1, 0.15) is 0 Å². The van der Waals surface area contributed by atoms with Crippen LogP contribution in [-0.2, 0) is 6.42 Å². The third kappa shape index (κ3) is 4.03. The fraction of sp³-hybridized carbons (Fsp3) is 0.750. The van der Waals surface area contributed by atoms with Crippen LogP contribution in [0.25, 0.3) is 0 Å². The average molecular weight is 255 g/mol. The van der Waals surface area contributed by atoms with Gasteiger partial charge in [0.15, 0.2) is 0 Å². The summed E-state index contributed by atoms with van der Waals surface area (Å²) in [5, 5.41) is 19.9. The molecule has 0 aliphatic carbocycles. The summed E-state index contributed by atoms with van der Waals surface area (Å²) >= 11 is 1.73. The molecule has 0 bridgehead atoms. The van der Waals surface area contributed by atoms with Gasteiger partial charge in [-0.05, 0) is 32.9 Å². The van der Waals surface area contributed by atoms with Gasteiger partial charge in [0, 0.05) is 30.6 Å². The largest absolute Gasteiger partial charge is 0.387 e. The van der Waals surface area contributed by atoms with Crippen molar-refractivity contribution in [2.45, 2.75) is 31.8 Å². The fourth-order valence-electron chi connectivity index (χ4n) is 2.08. The fourth-order valence-corrected chi connectivity index (χ4v) is 2.90. The minimum atomic E-state index is -0.530. The summed E-state index contributed by atoms with van der Waals surface area (Å²) in [6.45, 7) is 5.31. The highest BCUT2D eigenvalue weighted by Crippen LogP contribution is 2.13. The van der Waals surface area contributed by atoms with Crippen LogP contribution in [0.4, 0.5) is 0 Å². The van der Waals surface area contributed by atoms with E-state index in [1.54, 1.807) is 11.3 Å². The van der Waals surface area contributed by atoms with E-state index in [4.69, 9.17) is 0 Å². The number of nitrogens with zero attached hydrogens (tertiary/aromatic N) is 1. The maximum atomic E-state index is 10.1. The van der Waals surface area contributed by atoms with Crippen molar-refractivity contribution in [3.8, 4) is 0 Å². The highest BCUT2D eigenvalue weighted by molar-refractivity contribution is 7.09. The zero-order valence-corrected chi connectivity index (χ0v) is 11.1. The van der Waals surface area contributed by atoms with Gasteiger partial charge in [-0.1, -0.05) is 0 Å². The number of aromatic nitrogens is 1. The van der Waals surface area contributed by atoms with Crippen molar-refractivity contribution in [3.63, 3.8) is 0 Å². The van der Waals surface area contributed by atoms with Gasteiger partial charge >= 0.3 is 0 Å². The number of aryl methyl sites for hydroxylation is 2. The molecule has 1 fully saturated rings. The predicted octanol–water partition coefficient (Wildman–Crippen LogP) is 0.698. The first kappa shape index (κ1) is 13.0. The Bertz CT molecular complexity index is 347. The second kappa shape index (κ2) is 5.91. The van der Waals surface area contributed by atoms with Crippen LogP contribution in [-0.4, -0.2) is 41.9 Å². The molecule has 1 unspecified atom stereocenters. The maximum Gasteiger partial charge on any atom is 0.0928 e. The Morgan fingerprint density at radius 2 is 2.53 bits per heavy atom. The summed E-state index contributed by atoms with van der Waals surface area (Å²) in [5.41, 5.74) is 0.585. The van der Waals surface area contributed by atoms with Crippen molar-refractivity contribution in [1.29, 1.82) is 0 Å². The van der Waals surface area contributed by atoms with Crippen LogP contribution >= 0.6 is 11.3 Å². The number of hydrogen-bond acceptors (Lipinski definition) is 5. The van der Waals surface area contributed by atoms with Crippen molar-refractivity contribution in [3.05, 3.63) is 16.1 Å². The van der Waals surface area contributed by atoms with E-state index in [1.807, 2.05) is 6.92 Å². The minimum Gasteiger partial charge on any atom is -0.387 e. The standard InChI is InChI=1S/C12H21N3OS/c1-10-7-17-11(15-10)3-2-5-13-8-12(16)4-6-14-9-12/h7,13-14,16H,2-6,8-9H2,1H3. The molecule has 0 spiro atoms. The SMILES string of the molecule is Cc1csc(CCCNCC2(O)CCNC2)n1. The first-order valence-electron chi connectivity index (χ1n) is 6.23. The Morgan fingerprint density at radius 1 is 1.65 bits per heavy atom. The lowest BCUT2D eigenvalue weighted by Gasteiger charge is -2.21. The van der Waals surface area contributed by atoms with Gasteiger partial charge in [-0.3, -0.25) is 0 Å². The van der Waals surface area contributed by atoms with Crippen LogP contribution in [0.15, 0.2) is 5.38 Å². The number of aliphatic hydroxyl groups is 1. The van der Waals surface area contributed by atoms with Crippen molar-refractivity contribution >= 4 is 11.3 Å². The van der Waals surface area contributed by atoms with Gasteiger partial charge in [0.2, 0.25) is 0 Å². The first-order chi connectivity index (χ1) is 8.18. The first-order valence-corrected chi connectivity index (χ1v) is 7.11. The van der Waals surface area contributed by atoms with Crippen molar-refractivity contribution in [2.75, 3.05) is 26.2 Å². The molecule has 0 saturated carbocycles. The van der Waals surface area contributed by atoms with Crippen LogP contribution in [0.2, 0.25) is 0 Å². The lowest BCUT2D eigenvalue weighted by Crippen LogP contribution is -2.42. The molecular weight excluding hydrogens is 234 g/mol. The minimum absolute atomic E-state index is 0.530. The van der Waals surface area contributed by atoms with Gasteiger partial charge in [-0.2, -0.15) is 0 Å². The van der Waals surface area contributed by atoms with E-state index in [0.717, 1.165) is 38.0 Å². The van der Waals surface area contributed by atoms with E-state index in [-0.39, 0.29) is 0 Å². The molecule has 2 rings (SSSR count). The van der Waals surface area contributed by atoms with Crippen LogP contribution in [0.3, 0.4) is 0 Å². The van der Waals surface area contributed by atoms with E-state index in [0.29, 0.717) is 13.1 Å². The Morgan fingerprint density at radius 3 is 3.18 bits per heavy atom. The molecule has 5 heteroatoms. The van der Waals surface area contributed by atoms with Gasteiger partial charge in [-0.15, -0.1) is 11.3 Å². The quantitative estimate of drug-likeness (QED) is 0.655. The Hall–Kier alpha value is -0.490. The Kier molecular flexibility index (Phi) is 4.50. The van der Waals surface area contributed by atoms with Crippen LogP contribution in [0.5, 0.6) is 0 Å². The molecule has 0 radical (unpaired) electrons. The summed E-state index contributed by atoms with van der Waals surface area (Å²) in [5.74, 6) is 0. The number of nitrogens with one attached hydrogen (secondary N) is 2. The molecule has 3 N–H and O–H groups in total. The highest BCUT2D eigenvalue weighted by Gasteiger charge is 2.29. The third-order valence-corrected chi connectivity index (χ3v) is 4.11. The van der Waals surface area contributed by atoms with E-state index in [2.05, 4.69) is 21.0 Å². The molecule has 1 aromatic heterocycles. The van der Waals surface area contributed by atoms with Crippen LogP contribution < -0.4 is 10.6 Å².